The summed E-state index contributed by atoms with van der Waals surface area (Å²) in [4.78, 5) is 11.4. The molecule has 0 aromatic rings. The van der Waals surface area contributed by atoms with Gasteiger partial charge in [0.2, 0.25) is 0 Å². The van der Waals surface area contributed by atoms with Crippen LogP contribution < -0.4 is 29.6 Å². The van der Waals surface area contributed by atoms with E-state index in [4.69, 9.17) is 0 Å². The zero-order valence-corrected chi connectivity index (χ0v) is 20.8. The minimum absolute atomic E-state index is 0. The minimum Gasteiger partial charge on any atom is -1.00 e. The molecule has 0 unspecified atom stereocenters. The third-order valence-corrected chi connectivity index (χ3v) is 5.09. The monoisotopic (exact) mass is 430 g/mol. The molecule has 0 fully saturated rings. The summed E-state index contributed by atoms with van der Waals surface area (Å²) in [6.07, 6.45) is 16.1. The van der Waals surface area contributed by atoms with Gasteiger partial charge in [-0.3, -0.25) is 4.79 Å². The molecule has 1 N–H and O–H groups in total. The molecule has 0 bridgehead atoms. The molecule has 0 aliphatic heterocycles. The van der Waals surface area contributed by atoms with E-state index >= 15 is 0 Å². The molecule has 0 aliphatic carbocycles. The Labute approximate surface area is 195 Å². The van der Waals surface area contributed by atoms with E-state index in [1.165, 1.54) is 26.2 Å². The third kappa shape index (κ3) is 20.8. The Bertz CT molecular complexity index is 499. The van der Waals surface area contributed by atoms with Crippen molar-refractivity contribution in [3.8, 4) is 0 Å². The van der Waals surface area contributed by atoms with Crippen molar-refractivity contribution in [1.29, 1.82) is 0 Å². The van der Waals surface area contributed by atoms with Crippen molar-refractivity contribution >= 4 is 16.4 Å². The first-order valence-electron chi connectivity index (χ1n) is 10.4. The van der Waals surface area contributed by atoms with Gasteiger partial charge in [0.05, 0.1) is 12.7 Å². The fourth-order valence-electron chi connectivity index (χ4n) is 2.68. The molecule has 0 aromatic carbocycles. The molecule has 0 saturated carbocycles. The second-order valence-electron chi connectivity index (χ2n) is 6.79. The normalized spacial score (nSPS) is 12.7. The summed E-state index contributed by atoms with van der Waals surface area (Å²) in [5, 5.41) is 9.86. The Morgan fingerprint density at radius 1 is 1.00 bits per heavy atom. The topological polar surface area (TPSA) is 89.9 Å². The van der Waals surface area contributed by atoms with E-state index in [0.717, 1.165) is 51.4 Å². The molecule has 0 spiro atoms. The fourth-order valence-corrected chi connectivity index (χ4v) is 3.33. The van der Waals surface area contributed by atoms with Gasteiger partial charge in [0.1, 0.15) is 0 Å². The predicted octanol–water partition coefficient (Wildman–Crippen LogP) is 1.94. The van der Waals surface area contributed by atoms with E-state index in [-0.39, 0.29) is 50.1 Å². The van der Waals surface area contributed by atoms with Crippen LogP contribution in [0, 0.1) is 0 Å². The minimum atomic E-state index is -4.18. The van der Waals surface area contributed by atoms with E-state index in [2.05, 4.69) is 27.4 Å². The standard InChI is InChI=1S/C20H38O6S.Na.H/c1-3-5-6-13-16-19(21)17-14-11-9-7-8-10-12-15-18-20(22)26-27(23,24)25-4-2;;/h11,14,19,21H,3-10,12-13,15-18H2,1-2H3;;/q;+1;-1/b14-11-;;/t19-;;/m1../s1. The first-order chi connectivity index (χ1) is 12.9. The van der Waals surface area contributed by atoms with Gasteiger partial charge in [-0.05, 0) is 39.0 Å². The fraction of sp³-hybridized carbons (Fsp3) is 0.850. The zero-order chi connectivity index (χ0) is 20.4. The average molecular weight is 431 g/mol. The number of hydrogen-bond donors (Lipinski definition) is 1. The summed E-state index contributed by atoms with van der Waals surface area (Å²) in [7, 11) is -4.18. The molecule has 6 nitrogen and oxygen atoms in total. The first-order valence-corrected chi connectivity index (χ1v) is 11.7. The first kappa shape index (κ1) is 30.3. The van der Waals surface area contributed by atoms with Crippen LogP contribution in [0.25, 0.3) is 0 Å². The van der Waals surface area contributed by atoms with Gasteiger partial charge in [-0.2, -0.15) is 8.42 Å². The van der Waals surface area contributed by atoms with Gasteiger partial charge in [0.15, 0.2) is 0 Å². The van der Waals surface area contributed by atoms with Gasteiger partial charge in [-0.15, -0.1) is 0 Å². The maximum absolute atomic E-state index is 11.4. The van der Waals surface area contributed by atoms with Gasteiger partial charge in [-0.25, -0.2) is 4.18 Å². The summed E-state index contributed by atoms with van der Waals surface area (Å²) in [5.74, 6) is -0.764. The third-order valence-electron chi connectivity index (χ3n) is 4.17. The van der Waals surface area contributed by atoms with E-state index < -0.39 is 16.4 Å². The molecule has 0 rings (SSSR count). The van der Waals surface area contributed by atoms with Crippen molar-refractivity contribution in [2.75, 3.05) is 6.61 Å². The van der Waals surface area contributed by atoms with Crippen LogP contribution in [0.2, 0.25) is 0 Å². The van der Waals surface area contributed by atoms with E-state index in [1.807, 2.05) is 0 Å². The Morgan fingerprint density at radius 2 is 1.64 bits per heavy atom. The number of aliphatic hydroxyl groups excluding tert-OH is 1. The quantitative estimate of drug-likeness (QED) is 0.203. The van der Waals surface area contributed by atoms with Crippen LogP contribution in [0.15, 0.2) is 12.2 Å². The smallest absolute Gasteiger partial charge is 1.00 e. The number of carbonyl (C=O) groups excluding carboxylic acids is 1. The van der Waals surface area contributed by atoms with Crippen LogP contribution in [0.3, 0.4) is 0 Å². The van der Waals surface area contributed by atoms with Gasteiger partial charge in [0.25, 0.3) is 0 Å². The Hall–Kier alpha value is 0.0800. The Balaban J connectivity index is -0.00000338. The molecule has 0 amide bonds. The summed E-state index contributed by atoms with van der Waals surface area (Å²) in [5.41, 5.74) is 0. The molecular formula is C20H39NaO6S. The van der Waals surface area contributed by atoms with Gasteiger partial charge >= 0.3 is 45.9 Å². The Kier molecular flexibility index (Phi) is 22.0. The summed E-state index contributed by atoms with van der Waals surface area (Å²) < 4.78 is 30.9. The molecule has 0 heterocycles. The van der Waals surface area contributed by atoms with Crippen molar-refractivity contribution in [2.24, 2.45) is 0 Å². The number of carbonyl (C=O) groups is 1. The van der Waals surface area contributed by atoms with Gasteiger partial charge in [-0.1, -0.05) is 64.0 Å². The Morgan fingerprint density at radius 3 is 2.32 bits per heavy atom. The number of aliphatic hydroxyl groups is 1. The van der Waals surface area contributed by atoms with Crippen LogP contribution in [0.5, 0.6) is 0 Å². The number of rotatable bonds is 18. The van der Waals surface area contributed by atoms with Crippen molar-refractivity contribution in [2.45, 2.75) is 103 Å². The van der Waals surface area contributed by atoms with E-state index in [9.17, 15) is 18.3 Å². The van der Waals surface area contributed by atoms with Crippen LogP contribution in [0.1, 0.15) is 98.7 Å². The van der Waals surface area contributed by atoms with Crippen molar-refractivity contribution in [1.82, 2.24) is 0 Å². The number of unbranched alkanes of at least 4 members (excludes halogenated alkanes) is 8. The molecular weight excluding hydrogens is 391 g/mol. The molecule has 8 heteroatoms. The van der Waals surface area contributed by atoms with Crippen molar-refractivity contribution < 1.29 is 57.7 Å². The van der Waals surface area contributed by atoms with Crippen LogP contribution in [-0.4, -0.2) is 32.2 Å². The number of hydrogen-bond acceptors (Lipinski definition) is 6. The summed E-state index contributed by atoms with van der Waals surface area (Å²) >= 11 is 0. The number of allylic oxidation sites excluding steroid dienone is 1. The van der Waals surface area contributed by atoms with Crippen LogP contribution >= 0.6 is 0 Å². The molecule has 28 heavy (non-hydrogen) atoms. The second-order valence-corrected chi connectivity index (χ2v) is 8.01. The summed E-state index contributed by atoms with van der Waals surface area (Å²) in [6.45, 7) is 3.64. The van der Waals surface area contributed by atoms with Gasteiger partial charge < -0.3 is 10.7 Å². The summed E-state index contributed by atoms with van der Waals surface area (Å²) in [6, 6.07) is 0. The van der Waals surface area contributed by atoms with E-state index in [0.29, 0.717) is 6.42 Å². The molecule has 1 atom stereocenters. The SMILES string of the molecule is CCCCCC[C@@H](O)C/C=C\CCCCCCCC(=O)OS(=O)(=O)OCC.[H-].[Na+]. The second kappa shape index (κ2) is 20.4. The average Bonchev–Trinajstić information content (AvgIpc) is 2.59. The molecule has 162 valence electrons. The van der Waals surface area contributed by atoms with Crippen molar-refractivity contribution in [3.05, 3.63) is 12.2 Å². The molecule has 0 radical (unpaired) electrons. The zero-order valence-electron chi connectivity index (χ0n) is 19.0. The molecule has 0 saturated heterocycles. The largest absolute Gasteiger partial charge is 1.00 e. The van der Waals surface area contributed by atoms with E-state index in [1.54, 1.807) is 0 Å². The molecule has 0 aliphatic rings. The van der Waals surface area contributed by atoms with Crippen molar-refractivity contribution in [3.63, 3.8) is 0 Å². The van der Waals surface area contributed by atoms with Crippen LogP contribution in [-0.2, 0) is 23.6 Å². The maximum Gasteiger partial charge on any atom is 1.00 e. The maximum atomic E-state index is 11.4. The molecule has 0 aromatic heterocycles. The predicted molar refractivity (Wildman–Crippen MR) is 109 cm³/mol. The van der Waals surface area contributed by atoms with Crippen LogP contribution in [0.4, 0.5) is 0 Å². The van der Waals surface area contributed by atoms with Gasteiger partial charge in [0, 0.05) is 6.42 Å².